The number of ether oxygens (including phenoxy) is 1. The van der Waals surface area contributed by atoms with Gasteiger partial charge in [0.2, 0.25) is 11.3 Å². The summed E-state index contributed by atoms with van der Waals surface area (Å²) in [5.74, 6) is -2.03. The monoisotopic (exact) mass is 487 g/mol. The van der Waals surface area contributed by atoms with Gasteiger partial charge in [-0.2, -0.15) is 0 Å². The van der Waals surface area contributed by atoms with Crippen molar-refractivity contribution in [3.63, 3.8) is 0 Å². The van der Waals surface area contributed by atoms with Gasteiger partial charge in [0.1, 0.15) is 12.4 Å². The number of rotatable bonds is 7. The van der Waals surface area contributed by atoms with Crippen LogP contribution in [0.1, 0.15) is 38.8 Å². The minimum atomic E-state index is -0.555. The van der Waals surface area contributed by atoms with Gasteiger partial charge in [-0.15, -0.1) is 0 Å². The quantitative estimate of drug-likeness (QED) is 0.313. The highest BCUT2D eigenvalue weighted by Crippen LogP contribution is 2.19. The number of esters is 1. The molecule has 2 aromatic carbocycles. The minimum Gasteiger partial charge on any atom is -0.462 e. The Morgan fingerprint density at radius 3 is 2.39 bits per heavy atom. The maximum atomic E-state index is 14.4. The lowest BCUT2D eigenvalue weighted by atomic mass is 10.0. The first-order chi connectivity index (χ1) is 17.3. The van der Waals surface area contributed by atoms with Crippen molar-refractivity contribution in [3.8, 4) is 0 Å². The molecular weight excluding hydrogens is 465 g/mol. The molecule has 8 nitrogen and oxygen atoms in total. The fraction of sp³-hybridized carbons (Fsp3) is 0.148. The molecule has 0 bridgehead atoms. The highest BCUT2D eigenvalue weighted by atomic mass is 19.1. The Bertz CT molecular complexity index is 1530. The van der Waals surface area contributed by atoms with Crippen molar-refractivity contribution in [2.24, 2.45) is 0 Å². The lowest BCUT2D eigenvalue weighted by Gasteiger charge is -2.14. The number of ketones is 1. The van der Waals surface area contributed by atoms with Gasteiger partial charge < -0.3 is 14.6 Å². The Morgan fingerprint density at radius 1 is 1.03 bits per heavy atom. The van der Waals surface area contributed by atoms with E-state index in [0.717, 1.165) is 0 Å². The summed E-state index contributed by atoms with van der Waals surface area (Å²) in [6.07, 6.45) is 4.14. The van der Waals surface area contributed by atoms with Crippen molar-refractivity contribution in [1.82, 2.24) is 9.55 Å². The summed E-state index contributed by atoms with van der Waals surface area (Å²) in [6, 6.07) is 11.7. The summed E-state index contributed by atoms with van der Waals surface area (Å²) in [6.45, 7) is 3.17. The zero-order chi connectivity index (χ0) is 25.8. The molecule has 0 aliphatic rings. The first-order valence-corrected chi connectivity index (χ1v) is 11.1. The predicted octanol–water partition coefficient (Wildman–Crippen LogP) is 3.89. The van der Waals surface area contributed by atoms with Crippen LogP contribution in [0.4, 0.5) is 10.1 Å². The molecule has 0 saturated carbocycles. The van der Waals surface area contributed by atoms with E-state index >= 15 is 0 Å². The van der Waals surface area contributed by atoms with E-state index in [-0.39, 0.29) is 40.7 Å². The van der Waals surface area contributed by atoms with E-state index in [2.05, 4.69) is 10.3 Å². The Morgan fingerprint density at radius 2 is 1.72 bits per heavy atom. The maximum Gasteiger partial charge on any atom is 0.338 e. The summed E-state index contributed by atoms with van der Waals surface area (Å²) in [4.78, 5) is 54.8. The van der Waals surface area contributed by atoms with E-state index in [9.17, 15) is 23.6 Å². The number of carbonyl (C=O) groups excluding carboxylic acids is 3. The third-order valence-electron chi connectivity index (χ3n) is 5.54. The number of aromatic nitrogens is 2. The van der Waals surface area contributed by atoms with Gasteiger partial charge in [-0.3, -0.25) is 19.4 Å². The van der Waals surface area contributed by atoms with Gasteiger partial charge in [-0.05, 0) is 67.9 Å². The standard InChI is InChI=1S/C27H22FN3O5/c1-3-36-27(35)18-4-6-19(7-5-18)30-24(32)15-31-14-21(25(33)17-8-10-29-11-9-17)26(34)20-12-16(2)22(28)13-23(20)31/h4-14H,3,15H2,1-2H3,(H,30,32). The number of nitrogens with one attached hydrogen (secondary N) is 1. The first kappa shape index (κ1) is 24.5. The van der Waals surface area contributed by atoms with E-state index in [1.807, 2.05) is 0 Å². The Balaban J connectivity index is 1.68. The highest BCUT2D eigenvalue weighted by molar-refractivity contribution is 6.10. The lowest BCUT2D eigenvalue weighted by Crippen LogP contribution is -2.24. The van der Waals surface area contributed by atoms with Crippen molar-refractivity contribution in [2.45, 2.75) is 20.4 Å². The second-order valence-electron chi connectivity index (χ2n) is 8.03. The van der Waals surface area contributed by atoms with E-state index in [4.69, 9.17) is 4.74 Å². The molecule has 0 atom stereocenters. The van der Waals surface area contributed by atoms with Gasteiger partial charge in [-0.1, -0.05) is 0 Å². The topological polar surface area (TPSA) is 107 Å². The average molecular weight is 487 g/mol. The fourth-order valence-electron chi connectivity index (χ4n) is 3.73. The highest BCUT2D eigenvalue weighted by Gasteiger charge is 2.19. The van der Waals surface area contributed by atoms with Crippen molar-refractivity contribution in [3.05, 3.63) is 105 Å². The Kier molecular flexibility index (Phi) is 7.00. The molecule has 0 unspecified atom stereocenters. The van der Waals surface area contributed by atoms with Crippen LogP contribution < -0.4 is 10.7 Å². The fourth-order valence-corrected chi connectivity index (χ4v) is 3.73. The summed E-state index contributed by atoms with van der Waals surface area (Å²) in [5, 5.41) is 2.82. The number of amides is 1. The van der Waals surface area contributed by atoms with Gasteiger partial charge >= 0.3 is 5.97 Å². The zero-order valence-electron chi connectivity index (χ0n) is 19.6. The summed E-state index contributed by atoms with van der Waals surface area (Å²) >= 11 is 0. The average Bonchev–Trinajstić information content (AvgIpc) is 2.87. The number of hydrogen-bond donors (Lipinski definition) is 1. The molecule has 2 heterocycles. The Hall–Kier alpha value is -4.66. The van der Waals surface area contributed by atoms with Crippen LogP contribution in [0.25, 0.3) is 10.9 Å². The van der Waals surface area contributed by atoms with Crippen LogP contribution in [0.2, 0.25) is 0 Å². The van der Waals surface area contributed by atoms with Crippen LogP contribution in [0.5, 0.6) is 0 Å². The minimum absolute atomic E-state index is 0.125. The van der Waals surface area contributed by atoms with Crippen LogP contribution in [0, 0.1) is 12.7 Å². The molecule has 0 spiro atoms. The lowest BCUT2D eigenvalue weighted by molar-refractivity contribution is -0.116. The van der Waals surface area contributed by atoms with Crippen molar-refractivity contribution >= 4 is 34.3 Å². The number of hydrogen-bond acceptors (Lipinski definition) is 6. The molecule has 4 rings (SSSR count). The molecule has 1 amide bonds. The van der Waals surface area contributed by atoms with Crippen LogP contribution in [-0.4, -0.2) is 33.8 Å². The Labute approximate surface area is 205 Å². The van der Waals surface area contributed by atoms with Crippen molar-refractivity contribution in [2.75, 3.05) is 11.9 Å². The summed E-state index contributed by atoms with van der Waals surface area (Å²) < 4.78 is 20.7. The molecule has 4 aromatic rings. The van der Waals surface area contributed by atoms with Crippen LogP contribution in [-0.2, 0) is 16.1 Å². The van der Waals surface area contributed by atoms with E-state index < -0.39 is 28.9 Å². The number of pyridine rings is 2. The molecule has 2 aromatic heterocycles. The van der Waals surface area contributed by atoms with Gasteiger partial charge in [0.15, 0.2) is 5.78 Å². The molecule has 0 aliphatic heterocycles. The zero-order valence-corrected chi connectivity index (χ0v) is 19.6. The number of aryl methyl sites for hydroxylation is 1. The van der Waals surface area contributed by atoms with Gasteiger partial charge in [0.05, 0.1) is 23.3 Å². The van der Waals surface area contributed by atoms with Gasteiger partial charge in [0.25, 0.3) is 0 Å². The number of nitrogens with zero attached hydrogens (tertiary/aromatic N) is 2. The third kappa shape index (κ3) is 5.05. The first-order valence-electron chi connectivity index (χ1n) is 11.1. The molecular formula is C27H22FN3O5. The van der Waals surface area contributed by atoms with Crippen LogP contribution in [0.15, 0.2) is 71.9 Å². The van der Waals surface area contributed by atoms with Crippen LogP contribution >= 0.6 is 0 Å². The van der Waals surface area contributed by atoms with E-state index in [0.29, 0.717) is 11.3 Å². The summed E-state index contributed by atoms with van der Waals surface area (Å²) in [7, 11) is 0. The van der Waals surface area contributed by atoms with E-state index in [1.165, 1.54) is 66.5 Å². The SMILES string of the molecule is CCOC(=O)c1ccc(NC(=O)Cn2cc(C(=O)c3ccncc3)c(=O)c3cc(C)c(F)cc32)cc1. The molecule has 0 aliphatic carbocycles. The normalized spacial score (nSPS) is 10.8. The molecule has 0 saturated heterocycles. The largest absolute Gasteiger partial charge is 0.462 e. The second kappa shape index (κ2) is 10.3. The number of carbonyl (C=O) groups is 3. The van der Waals surface area contributed by atoms with Crippen LogP contribution in [0.3, 0.4) is 0 Å². The number of benzene rings is 2. The number of anilines is 1. The molecule has 1 N–H and O–H groups in total. The smallest absolute Gasteiger partial charge is 0.338 e. The molecule has 0 radical (unpaired) electrons. The number of halogens is 1. The molecule has 182 valence electrons. The maximum absolute atomic E-state index is 14.4. The third-order valence-corrected chi connectivity index (χ3v) is 5.54. The van der Waals surface area contributed by atoms with Crippen molar-refractivity contribution in [1.29, 1.82) is 0 Å². The second-order valence-corrected chi connectivity index (χ2v) is 8.03. The predicted molar refractivity (Wildman–Crippen MR) is 132 cm³/mol. The number of fused-ring (bicyclic) bond motifs is 1. The summed E-state index contributed by atoms with van der Waals surface area (Å²) in [5.41, 5.74) is 0.748. The van der Waals surface area contributed by atoms with Crippen molar-refractivity contribution < 1.29 is 23.5 Å². The van der Waals surface area contributed by atoms with Gasteiger partial charge in [-0.25, -0.2) is 9.18 Å². The molecule has 9 heteroatoms. The van der Waals surface area contributed by atoms with E-state index in [1.54, 1.807) is 19.1 Å². The molecule has 36 heavy (non-hydrogen) atoms. The molecule has 0 fully saturated rings. The van der Waals surface area contributed by atoms with Gasteiger partial charge in [0, 0.05) is 35.2 Å².